The monoisotopic (exact) mass is 268 g/mol. The van der Waals surface area contributed by atoms with E-state index in [0.29, 0.717) is 13.0 Å². The molecule has 104 valence electrons. The maximum Gasteiger partial charge on any atom is 0.168 e. The molecule has 0 saturated carbocycles. The van der Waals surface area contributed by atoms with E-state index < -0.39 is 0 Å². The van der Waals surface area contributed by atoms with Gasteiger partial charge in [-0.25, -0.2) is 0 Å². The van der Waals surface area contributed by atoms with Crippen LogP contribution in [0.15, 0.2) is 42.6 Å². The van der Waals surface area contributed by atoms with Crippen LogP contribution in [0.2, 0.25) is 0 Å². The molecule has 0 aliphatic rings. The minimum atomic E-state index is 0.0982. The summed E-state index contributed by atoms with van der Waals surface area (Å²) < 4.78 is 0. The molecule has 0 fully saturated rings. The van der Waals surface area contributed by atoms with E-state index in [9.17, 15) is 4.79 Å². The molecule has 1 heterocycles. The zero-order valence-corrected chi connectivity index (χ0v) is 11.8. The van der Waals surface area contributed by atoms with E-state index in [0.717, 1.165) is 29.7 Å². The number of nitrogens with zero attached hydrogens (tertiary/aromatic N) is 1. The number of aromatic nitrogens is 1. The predicted molar refractivity (Wildman–Crippen MR) is 80.8 cm³/mol. The van der Waals surface area contributed by atoms with Gasteiger partial charge in [-0.2, -0.15) is 0 Å². The molecule has 0 amide bonds. The summed E-state index contributed by atoms with van der Waals surface area (Å²) in [5.41, 5.74) is 9.40. The Morgan fingerprint density at radius 2 is 1.80 bits per heavy atom. The standard InChI is InChI=1S/C17H20N2O/c1-2-13-5-8-16(19-12-13)11-17(20)15-6-3-14(4-7-15)9-10-18/h3-8,12H,2,9-11,18H2,1H3. The highest BCUT2D eigenvalue weighted by Gasteiger charge is 2.08. The number of Topliss-reactive ketones (excluding diaryl/α,β-unsaturated/α-hetero) is 1. The normalized spacial score (nSPS) is 10.5. The topological polar surface area (TPSA) is 56.0 Å². The van der Waals surface area contributed by atoms with Crippen molar-refractivity contribution >= 4 is 5.78 Å². The van der Waals surface area contributed by atoms with Gasteiger partial charge in [0.2, 0.25) is 0 Å². The Hall–Kier alpha value is -2.00. The van der Waals surface area contributed by atoms with Crippen LogP contribution >= 0.6 is 0 Å². The van der Waals surface area contributed by atoms with E-state index in [2.05, 4.69) is 11.9 Å². The van der Waals surface area contributed by atoms with Crippen LogP contribution in [0.5, 0.6) is 0 Å². The quantitative estimate of drug-likeness (QED) is 0.819. The molecule has 0 aliphatic carbocycles. The minimum Gasteiger partial charge on any atom is -0.330 e. The summed E-state index contributed by atoms with van der Waals surface area (Å²) in [6, 6.07) is 11.6. The molecular formula is C17H20N2O. The average Bonchev–Trinajstić information content (AvgIpc) is 2.49. The third-order valence-electron chi connectivity index (χ3n) is 3.34. The molecule has 0 aliphatic heterocycles. The molecule has 0 saturated heterocycles. The second kappa shape index (κ2) is 6.96. The Morgan fingerprint density at radius 3 is 2.35 bits per heavy atom. The number of rotatable bonds is 6. The summed E-state index contributed by atoms with van der Waals surface area (Å²) in [6.07, 6.45) is 3.99. The van der Waals surface area contributed by atoms with Crippen molar-refractivity contribution in [1.29, 1.82) is 0 Å². The van der Waals surface area contributed by atoms with Gasteiger partial charge >= 0.3 is 0 Å². The van der Waals surface area contributed by atoms with E-state index in [1.807, 2.05) is 42.6 Å². The summed E-state index contributed by atoms with van der Waals surface area (Å²) in [5, 5.41) is 0. The van der Waals surface area contributed by atoms with Crippen LogP contribution < -0.4 is 5.73 Å². The van der Waals surface area contributed by atoms with E-state index in [1.165, 1.54) is 5.56 Å². The first-order valence-corrected chi connectivity index (χ1v) is 6.99. The highest BCUT2D eigenvalue weighted by atomic mass is 16.1. The molecule has 0 atom stereocenters. The summed E-state index contributed by atoms with van der Waals surface area (Å²) in [7, 11) is 0. The van der Waals surface area contributed by atoms with Crippen molar-refractivity contribution in [2.75, 3.05) is 6.54 Å². The highest BCUT2D eigenvalue weighted by molar-refractivity contribution is 5.97. The van der Waals surface area contributed by atoms with Crippen LogP contribution in [0.1, 0.15) is 34.1 Å². The zero-order valence-electron chi connectivity index (χ0n) is 11.8. The summed E-state index contributed by atoms with van der Waals surface area (Å²) in [6.45, 7) is 2.71. The fraction of sp³-hybridized carbons (Fsp3) is 0.294. The minimum absolute atomic E-state index is 0.0982. The van der Waals surface area contributed by atoms with E-state index in [1.54, 1.807) is 0 Å². The molecule has 3 nitrogen and oxygen atoms in total. The van der Waals surface area contributed by atoms with Crippen molar-refractivity contribution in [3.63, 3.8) is 0 Å². The Bertz CT molecular complexity index is 559. The van der Waals surface area contributed by atoms with Crippen molar-refractivity contribution in [2.24, 2.45) is 5.73 Å². The molecule has 0 spiro atoms. The van der Waals surface area contributed by atoms with E-state index >= 15 is 0 Å². The van der Waals surface area contributed by atoms with E-state index in [-0.39, 0.29) is 5.78 Å². The molecular weight excluding hydrogens is 248 g/mol. The number of ketones is 1. The van der Waals surface area contributed by atoms with E-state index in [4.69, 9.17) is 5.73 Å². The summed E-state index contributed by atoms with van der Waals surface area (Å²) >= 11 is 0. The van der Waals surface area contributed by atoms with Crippen LogP contribution in [-0.2, 0) is 19.3 Å². The maximum absolute atomic E-state index is 12.2. The van der Waals surface area contributed by atoms with Crippen molar-refractivity contribution < 1.29 is 4.79 Å². The molecule has 2 aromatic rings. The lowest BCUT2D eigenvalue weighted by Crippen LogP contribution is -2.06. The zero-order chi connectivity index (χ0) is 14.4. The van der Waals surface area contributed by atoms with Crippen LogP contribution in [0.3, 0.4) is 0 Å². The van der Waals surface area contributed by atoms with Crippen LogP contribution in [0.25, 0.3) is 0 Å². The average molecular weight is 268 g/mol. The molecule has 0 bridgehead atoms. The third kappa shape index (κ3) is 3.75. The molecule has 3 heteroatoms. The SMILES string of the molecule is CCc1ccc(CC(=O)c2ccc(CCN)cc2)nc1. The number of aryl methyl sites for hydroxylation is 1. The molecule has 2 rings (SSSR count). The number of hydrogen-bond acceptors (Lipinski definition) is 3. The van der Waals surface area contributed by atoms with Gasteiger partial charge in [0.25, 0.3) is 0 Å². The fourth-order valence-electron chi connectivity index (χ4n) is 2.06. The molecule has 0 unspecified atom stereocenters. The van der Waals surface area contributed by atoms with Crippen molar-refractivity contribution in [3.05, 3.63) is 65.0 Å². The second-order valence-electron chi connectivity index (χ2n) is 4.85. The molecule has 1 aromatic carbocycles. The summed E-state index contributed by atoms with van der Waals surface area (Å²) in [4.78, 5) is 16.5. The van der Waals surface area contributed by atoms with Gasteiger partial charge in [-0.1, -0.05) is 37.3 Å². The Labute approximate surface area is 119 Å². The van der Waals surface area contributed by atoms with Crippen molar-refractivity contribution in [3.8, 4) is 0 Å². The molecule has 20 heavy (non-hydrogen) atoms. The van der Waals surface area contributed by atoms with Gasteiger partial charge in [-0.15, -0.1) is 0 Å². The number of pyridine rings is 1. The first-order valence-electron chi connectivity index (χ1n) is 6.99. The summed E-state index contributed by atoms with van der Waals surface area (Å²) in [5.74, 6) is 0.0982. The van der Waals surface area contributed by atoms with Crippen LogP contribution in [0, 0.1) is 0 Å². The largest absolute Gasteiger partial charge is 0.330 e. The number of hydrogen-bond donors (Lipinski definition) is 1. The predicted octanol–water partition coefficient (Wildman–Crippen LogP) is 2.57. The number of nitrogens with two attached hydrogens (primary N) is 1. The van der Waals surface area contributed by atoms with Gasteiger partial charge in [0.05, 0.1) is 6.42 Å². The molecule has 0 radical (unpaired) electrons. The van der Waals surface area contributed by atoms with Crippen molar-refractivity contribution in [1.82, 2.24) is 4.98 Å². The van der Waals surface area contributed by atoms with Gasteiger partial charge < -0.3 is 5.73 Å². The Balaban J connectivity index is 2.03. The highest BCUT2D eigenvalue weighted by Crippen LogP contribution is 2.09. The Kier molecular flexibility index (Phi) is 5.02. The maximum atomic E-state index is 12.2. The van der Waals surface area contributed by atoms with Gasteiger partial charge in [-0.05, 0) is 36.6 Å². The fourth-order valence-corrected chi connectivity index (χ4v) is 2.06. The molecule has 2 N–H and O–H groups in total. The lowest BCUT2D eigenvalue weighted by Gasteiger charge is -2.04. The number of carbonyl (C=O) groups is 1. The first kappa shape index (κ1) is 14.4. The van der Waals surface area contributed by atoms with Gasteiger partial charge in [-0.3, -0.25) is 9.78 Å². The second-order valence-corrected chi connectivity index (χ2v) is 4.85. The van der Waals surface area contributed by atoms with Crippen molar-refractivity contribution in [2.45, 2.75) is 26.2 Å². The number of benzene rings is 1. The van der Waals surface area contributed by atoms with Gasteiger partial charge in [0, 0.05) is 17.5 Å². The first-order chi connectivity index (χ1) is 9.72. The van der Waals surface area contributed by atoms with Gasteiger partial charge in [0.15, 0.2) is 5.78 Å². The van der Waals surface area contributed by atoms with Crippen LogP contribution in [-0.4, -0.2) is 17.3 Å². The Morgan fingerprint density at radius 1 is 1.10 bits per heavy atom. The number of carbonyl (C=O) groups excluding carboxylic acids is 1. The lowest BCUT2D eigenvalue weighted by atomic mass is 10.0. The lowest BCUT2D eigenvalue weighted by molar-refractivity contribution is 0.0992. The van der Waals surface area contributed by atoms with Crippen LogP contribution in [0.4, 0.5) is 0 Å². The third-order valence-corrected chi connectivity index (χ3v) is 3.34. The molecule has 1 aromatic heterocycles. The smallest absolute Gasteiger partial charge is 0.168 e. The van der Waals surface area contributed by atoms with Gasteiger partial charge in [0.1, 0.15) is 0 Å².